The summed E-state index contributed by atoms with van der Waals surface area (Å²) in [7, 11) is -1.34. The van der Waals surface area contributed by atoms with Crippen molar-refractivity contribution in [3.63, 3.8) is 0 Å². The van der Waals surface area contributed by atoms with E-state index in [9.17, 15) is 8.42 Å². The van der Waals surface area contributed by atoms with E-state index in [1.165, 1.54) is 0 Å². The number of hydrogen-bond donors (Lipinski definition) is 2. The summed E-state index contributed by atoms with van der Waals surface area (Å²) in [5.41, 5.74) is 1.59. The molecule has 0 aliphatic heterocycles. The molecule has 0 bridgehead atoms. The number of sulfonamides is 1. The van der Waals surface area contributed by atoms with Gasteiger partial charge < -0.3 is 5.32 Å². The van der Waals surface area contributed by atoms with Gasteiger partial charge in [0.15, 0.2) is 0 Å². The zero-order valence-corrected chi connectivity index (χ0v) is 10.0. The largest absolute Gasteiger partial charge is 0.388 e. The van der Waals surface area contributed by atoms with Gasteiger partial charge in [0.2, 0.25) is 10.0 Å². The van der Waals surface area contributed by atoms with E-state index in [0.29, 0.717) is 11.6 Å². The number of hydrogen-bond acceptors (Lipinski definition) is 3. The second-order valence-electron chi connectivity index (χ2n) is 4.15. The van der Waals surface area contributed by atoms with E-state index in [4.69, 9.17) is 0 Å². The summed E-state index contributed by atoms with van der Waals surface area (Å²) in [5.74, 6) is 0.620. The molecule has 2 N–H and O–H groups in total. The van der Waals surface area contributed by atoms with Gasteiger partial charge in [-0.05, 0) is 43.0 Å². The predicted molar refractivity (Wildman–Crippen MR) is 66.1 cm³/mol. The van der Waals surface area contributed by atoms with Crippen molar-refractivity contribution >= 4 is 21.4 Å². The van der Waals surface area contributed by atoms with Crippen LogP contribution in [0, 0.1) is 5.92 Å². The molecule has 0 saturated heterocycles. The molecule has 0 unspecified atom stereocenters. The lowest BCUT2D eigenvalue weighted by molar-refractivity contribution is 0.597. The van der Waals surface area contributed by atoms with Gasteiger partial charge in [0, 0.05) is 18.4 Å². The Bertz CT molecular complexity index is 449. The predicted octanol–water partition coefficient (Wildman–Crippen LogP) is 1.88. The van der Waals surface area contributed by atoms with Crippen molar-refractivity contribution in [3.8, 4) is 0 Å². The molecule has 5 heteroatoms. The summed E-state index contributed by atoms with van der Waals surface area (Å²) in [6.07, 6.45) is 2.08. The fraction of sp³-hybridized carbons (Fsp3) is 0.455. The van der Waals surface area contributed by atoms with Gasteiger partial charge in [-0.3, -0.25) is 4.72 Å². The summed E-state index contributed by atoms with van der Waals surface area (Å²) in [4.78, 5) is 0. The highest BCUT2D eigenvalue weighted by atomic mass is 32.2. The molecule has 1 fully saturated rings. The molecule has 88 valence electrons. The Hall–Kier alpha value is -1.23. The standard InChI is InChI=1S/C11H16N2O2S/c1-12-10-4-6-11(7-5-10)13-16(14,15)8-9-2-3-9/h4-7,9,12-13H,2-3,8H2,1H3. The first-order valence-electron chi connectivity index (χ1n) is 5.37. The quantitative estimate of drug-likeness (QED) is 0.826. The third-order valence-electron chi connectivity index (χ3n) is 2.60. The average molecular weight is 240 g/mol. The third kappa shape index (κ3) is 3.13. The van der Waals surface area contributed by atoms with Gasteiger partial charge in [-0.25, -0.2) is 8.42 Å². The molecule has 0 amide bonds. The maximum atomic E-state index is 11.7. The van der Waals surface area contributed by atoms with Gasteiger partial charge in [0.05, 0.1) is 5.75 Å². The van der Waals surface area contributed by atoms with E-state index in [0.717, 1.165) is 18.5 Å². The lowest BCUT2D eigenvalue weighted by atomic mass is 10.3. The smallest absolute Gasteiger partial charge is 0.232 e. The van der Waals surface area contributed by atoms with Gasteiger partial charge in [-0.15, -0.1) is 0 Å². The van der Waals surface area contributed by atoms with Crippen LogP contribution in [0.3, 0.4) is 0 Å². The minimum absolute atomic E-state index is 0.251. The minimum atomic E-state index is -3.16. The van der Waals surface area contributed by atoms with Gasteiger partial charge in [-0.2, -0.15) is 0 Å². The van der Waals surface area contributed by atoms with Crippen LogP contribution in [0.2, 0.25) is 0 Å². The molecule has 1 aromatic carbocycles. The van der Waals surface area contributed by atoms with E-state index < -0.39 is 10.0 Å². The number of benzene rings is 1. The molecule has 16 heavy (non-hydrogen) atoms. The first-order chi connectivity index (χ1) is 7.59. The molecule has 0 radical (unpaired) electrons. The molecule has 0 aromatic heterocycles. The third-order valence-corrected chi connectivity index (χ3v) is 4.06. The van der Waals surface area contributed by atoms with Crippen molar-refractivity contribution in [1.82, 2.24) is 0 Å². The summed E-state index contributed by atoms with van der Waals surface area (Å²) in [6.45, 7) is 0. The van der Waals surface area contributed by atoms with E-state index in [2.05, 4.69) is 10.0 Å². The summed E-state index contributed by atoms with van der Waals surface area (Å²) in [6, 6.07) is 7.20. The van der Waals surface area contributed by atoms with Crippen LogP contribution in [0.15, 0.2) is 24.3 Å². The molecule has 1 saturated carbocycles. The Kier molecular flexibility index (Phi) is 3.05. The van der Waals surface area contributed by atoms with Crippen LogP contribution in [0.25, 0.3) is 0 Å². The van der Waals surface area contributed by atoms with Gasteiger partial charge >= 0.3 is 0 Å². The summed E-state index contributed by atoms with van der Waals surface area (Å²) in [5, 5.41) is 2.98. The molecule has 1 aliphatic carbocycles. The Morgan fingerprint density at radius 3 is 2.25 bits per heavy atom. The first kappa shape index (κ1) is 11.3. The highest BCUT2D eigenvalue weighted by molar-refractivity contribution is 7.92. The van der Waals surface area contributed by atoms with Crippen LogP contribution in [-0.4, -0.2) is 21.2 Å². The maximum absolute atomic E-state index is 11.7. The minimum Gasteiger partial charge on any atom is -0.388 e. The van der Waals surface area contributed by atoms with Crippen molar-refractivity contribution in [1.29, 1.82) is 0 Å². The Morgan fingerprint density at radius 2 is 1.75 bits per heavy atom. The fourth-order valence-corrected chi connectivity index (χ4v) is 3.05. The molecule has 0 atom stereocenters. The molecule has 1 aromatic rings. The molecule has 2 rings (SSSR count). The number of nitrogens with one attached hydrogen (secondary N) is 2. The second-order valence-corrected chi connectivity index (χ2v) is 5.92. The van der Waals surface area contributed by atoms with Crippen LogP contribution < -0.4 is 10.0 Å². The Balaban J connectivity index is 2.01. The highest BCUT2D eigenvalue weighted by Crippen LogP contribution is 2.30. The molecule has 0 heterocycles. The monoisotopic (exact) mass is 240 g/mol. The molecule has 4 nitrogen and oxygen atoms in total. The normalized spacial score (nSPS) is 15.8. The van der Waals surface area contributed by atoms with Crippen LogP contribution in [0.4, 0.5) is 11.4 Å². The van der Waals surface area contributed by atoms with Crippen molar-refractivity contribution in [2.45, 2.75) is 12.8 Å². The van der Waals surface area contributed by atoms with Crippen LogP contribution in [-0.2, 0) is 10.0 Å². The van der Waals surface area contributed by atoms with Crippen LogP contribution in [0.1, 0.15) is 12.8 Å². The Morgan fingerprint density at radius 1 is 1.19 bits per heavy atom. The fourth-order valence-electron chi connectivity index (χ4n) is 1.52. The Labute approximate surface area is 96.1 Å². The summed E-state index contributed by atoms with van der Waals surface area (Å²) < 4.78 is 25.9. The van der Waals surface area contributed by atoms with E-state index in [1.54, 1.807) is 12.1 Å². The van der Waals surface area contributed by atoms with Crippen LogP contribution >= 0.6 is 0 Å². The van der Waals surface area contributed by atoms with Gasteiger partial charge in [0.1, 0.15) is 0 Å². The lowest BCUT2D eigenvalue weighted by Crippen LogP contribution is -2.17. The van der Waals surface area contributed by atoms with Crippen molar-refractivity contribution in [2.75, 3.05) is 22.8 Å². The zero-order chi connectivity index (χ0) is 11.6. The highest BCUT2D eigenvalue weighted by Gasteiger charge is 2.27. The topological polar surface area (TPSA) is 58.2 Å². The summed E-state index contributed by atoms with van der Waals surface area (Å²) >= 11 is 0. The molecular formula is C11H16N2O2S. The van der Waals surface area contributed by atoms with Gasteiger partial charge in [-0.1, -0.05) is 0 Å². The first-order valence-corrected chi connectivity index (χ1v) is 7.02. The molecular weight excluding hydrogens is 224 g/mol. The average Bonchev–Trinajstić information content (AvgIpc) is 3.01. The van der Waals surface area contributed by atoms with E-state index >= 15 is 0 Å². The van der Waals surface area contributed by atoms with Crippen molar-refractivity contribution in [3.05, 3.63) is 24.3 Å². The molecule has 0 spiro atoms. The van der Waals surface area contributed by atoms with Crippen LogP contribution in [0.5, 0.6) is 0 Å². The maximum Gasteiger partial charge on any atom is 0.232 e. The van der Waals surface area contributed by atoms with Crippen molar-refractivity contribution in [2.24, 2.45) is 5.92 Å². The molecule has 1 aliphatic rings. The lowest BCUT2D eigenvalue weighted by Gasteiger charge is -2.08. The number of anilines is 2. The number of rotatable bonds is 5. The van der Waals surface area contributed by atoms with Gasteiger partial charge in [0.25, 0.3) is 0 Å². The zero-order valence-electron chi connectivity index (χ0n) is 9.23. The van der Waals surface area contributed by atoms with E-state index in [1.807, 2.05) is 19.2 Å². The van der Waals surface area contributed by atoms with E-state index in [-0.39, 0.29) is 5.75 Å². The second kappa shape index (κ2) is 4.33. The van der Waals surface area contributed by atoms with Crippen molar-refractivity contribution < 1.29 is 8.42 Å². The SMILES string of the molecule is CNc1ccc(NS(=O)(=O)CC2CC2)cc1.